The minimum atomic E-state index is -0.388. The monoisotopic (exact) mass is 239 g/mol. The lowest BCUT2D eigenvalue weighted by atomic mass is 9.96. The number of piperidine rings is 1. The van der Waals surface area contributed by atoms with Crippen LogP contribution < -0.4 is 16.2 Å². The van der Waals surface area contributed by atoms with Gasteiger partial charge < -0.3 is 4.90 Å². The Kier molecular flexibility index (Phi) is 3.73. The van der Waals surface area contributed by atoms with Gasteiger partial charge in [-0.25, -0.2) is 15.2 Å². The second-order valence-corrected chi connectivity index (χ2v) is 4.37. The summed E-state index contributed by atoms with van der Waals surface area (Å²) in [6.45, 7) is 3.86. The van der Waals surface area contributed by atoms with Gasteiger partial charge in [-0.3, -0.25) is 5.43 Å². The summed E-state index contributed by atoms with van der Waals surface area (Å²) in [7, 11) is 0. The average molecular weight is 239 g/mol. The molecule has 5 nitrogen and oxygen atoms in total. The number of halogens is 1. The Morgan fingerprint density at radius 3 is 3.18 bits per heavy atom. The van der Waals surface area contributed by atoms with E-state index in [2.05, 4.69) is 22.3 Å². The van der Waals surface area contributed by atoms with Crippen LogP contribution >= 0.6 is 0 Å². The van der Waals surface area contributed by atoms with Crippen molar-refractivity contribution in [3.8, 4) is 0 Å². The molecule has 1 atom stereocenters. The Hall–Kier alpha value is -1.43. The first-order chi connectivity index (χ1) is 8.24. The number of nitrogens with one attached hydrogen (secondary N) is 1. The summed E-state index contributed by atoms with van der Waals surface area (Å²) >= 11 is 0. The molecule has 0 aromatic carbocycles. The molecular formula is C11H18FN5. The molecular weight excluding hydrogens is 221 g/mol. The zero-order valence-electron chi connectivity index (χ0n) is 9.99. The molecule has 1 aromatic rings. The lowest BCUT2D eigenvalue weighted by molar-refractivity contribution is 0.399. The van der Waals surface area contributed by atoms with Crippen LogP contribution in [0.4, 0.5) is 16.2 Å². The molecule has 1 aliphatic rings. The van der Waals surface area contributed by atoms with E-state index in [0.29, 0.717) is 11.7 Å². The zero-order valence-corrected chi connectivity index (χ0v) is 9.99. The highest BCUT2D eigenvalue weighted by Crippen LogP contribution is 2.25. The van der Waals surface area contributed by atoms with Crippen LogP contribution in [0.5, 0.6) is 0 Å². The first kappa shape index (κ1) is 12.0. The summed E-state index contributed by atoms with van der Waals surface area (Å²) in [6.07, 6.45) is 4.56. The summed E-state index contributed by atoms with van der Waals surface area (Å²) < 4.78 is 13.7. The molecule has 0 aliphatic carbocycles. The Morgan fingerprint density at radius 1 is 1.65 bits per heavy atom. The van der Waals surface area contributed by atoms with Crippen LogP contribution in [0.3, 0.4) is 0 Å². The number of hydrogen-bond acceptors (Lipinski definition) is 5. The van der Waals surface area contributed by atoms with Gasteiger partial charge in [0.15, 0.2) is 11.6 Å². The molecule has 1 fully saturated rings. The lowest BCUT2D eigenvalue weighted by Gasteiger charge is -2.33. The van der Waals surface area contributed by atoms with E-state index in [-0.39, 0.29) is 11.8 Å². The predicted octanol–water partition coefficient (Wildman–Crippen LogP) is 1.53. The van der Waals surface area contributed by atoms with E-state index in [1.807, 2.05) is 4.90 Å². The van der Waals surface area contributed by atoms with Crippen molar-refractivity contribution in [1.82, 2.24) is 9.97 Å². The van der Waals surface area contributed by atoms with Crippen molar-refractivity contribution in [3.05, 3.63) is 12.0 Å². The van der Waals surface area contributed by atoms with Gasteiger partial charge in [-0.2, -0.15) is 4.98 Å². The van der Waals surface area contributed by atoms with Gasteiger partial charge in [0.1, 0.15) is 0 Å². The average Bonchev–Trinajstić information content (AvgIpc) is 2.39. The van der Waals surface area contributed by atoms with Crippen molar-refractivity contribution in [3.63, 3.8) is 0 Å². The molecule has 0 bridgehead atoms. The van der Waals surface area contributed by atoms with Crippen molar-refractivity contribution in [2.45, 2.75) is 26.2 Å². The van der Waals surface area contributed by atoms with Gasteiger partial charge in [0.05, 0.1) is 6.20 Å². The number of nitrogen functional groups attached to an aromatic ring is 1. The zero-order chi connectivity index (χ0) is 12.3. The third kappa shape index (κ3) is 2.63. The predicted molar refractivity (Wildman–Crippen MR) is 65.0 cm³/mol. The van der Waals surface area contributed by atoms with Crippen LogP contribution in [0.25, 0.3) is 0 Å². The summed E-state index contributed by atoms with van der Waals surface area (Å²) in [4.78, 5) is 9.81. The molecule has 0 spiro atoms. The minimum Gasteiger partial charge on any atom is -0.354 e. The lowest BCUT2D eigenvalue weighted by Crippen LogP contribution is -2.36. The second-order valence-electron chi connectivity index (χ2n) is 4.37. The molecule has 1 saturated heterocycles. The van der Waals surface area contributed by atoms with E-state index in [0.717, 1.165) is 32.1 Å². The van der Waals surface area contributed by atoms with Crippen molar-refractivity contribution in [2.24, 2.45) is 11.8 Å². The van der Waals surface area contributed by atoms with Gasteiger partial charge in [-0.05, 0) is 18.8 Å². The highest BCUT2D eigenvalue weighted by atomic mass is 19.1. The molecule has 1 unspecified atom stereocenters. The standard InChI is InChI=1S/C11H18FN5/c1-2-8-4-3-5-17(7-8)10-9(12)6-14-11(15-10)16-13/h6,8H,2-5,7,13H2,1H3,(H,14,15,16). The molecule has 94 valence electrons. The molecule has 2 rings (SSSR count). The maximum atomic E-state index is 13.7. The molecule has 1 aliphatic heterocycles. The van der Waals surface area contributed by atoms with Crippen molar-refractivity contribution in [1.29, 1.82) is 0 Å². The Balaban J connectivity index is 2.20. The smallest absolute Gasteiger partial charge is 0.239 e. The molecule has 0 amide bonds. The van der Waals surface area contributed by atoms with E-state index in [4.69, 9.17) is 5.84 Å². The van der Waals surface area contributed by atoms with Crippen molar-refractivity contribution >= 4 is 11.8 Å². The minimum absolute atomic E-state index is 0.250. The Labute approximate surface area is 100 Å². The van der Waals surface area contributed by atoms with Gasteiger partial charge in [0.25, 0.3) is 0 Å². The van der Waals surface area contributed by atoms with Gasteiger partial charge >= 0.3 is 0 Å². The largest absolute Gasteiger partial charge is 0.354 e. The second kappa shape index (κ2) is 5.27. The number of nitrogens with two attached hydrogens (primary N) is 1. The summed E-state index contributed by atoms with van der Waals surface area (Å²) in [5, 5.41) is 0. The molecule has 1 aromatic heterocycles. The maximum absolute atomic E-state index is 13.7. The van der Waals surface area contributed by atoms with Crippen LogP contribution in [0, 0.1) is 11.7 Å². The number of nitrogens with zero attached hydrogens (tertiary/aromatic N) is 3. The Bertz CT molecular complexity index is 384. The van der Waals surface area contributed by atoms with Gasteiger partial charge in [-0.15, -0.1) is 0 Å². The molecule has 0 radical (unpaired) electrons. The first-order valence-corrected chi connectivity index (χ1v) is 5.98. The normalized spacial score (nSPS) is 20.4. The summed E-state index contributed by atoms with van der Waals surface area (Å²) in [6, 6.07) is 0. The number of aromatic nitrogens is 2. The highest BCUT2D eigenvalue weighted by Gasteiger charge is 2.22. The van der Waals surface area contributed by atoms with E-state index in [1.165, 1.54) is 6.42 Å². The van der Waals surface area contributed by atoms with E-state index < -0.39 is 0 Å². The molecule has 2 heterocycles. The number of rotatable bonds is 3. The molecule has 3 N–H and O–H groups in total. The Morgan fingerprint density at radius 2 is 2.47 bits per heavy atom. The third-order valence-electron chi connectivity index (χ3n) is 3.25. The van der Waals surface area contributed by atoms with Crippen LogP contribution in [0.15, 0.2) is 6.20 Å². The maximum Gasteiger partial charge on any atom is 0.239 e. The van der Waals surface area contributed by atoms with Crippen LogP contribution in [0.2, 0.25) is 0 Å². The number of anilines is 2. The summed E-state index contributed by atoms with van der Waals surface area (Å²) in [5.41, 5.74) is 2.34. The topological polar surface area (TPSA) is 67.1 Å². The van der Waals surface area contributed by atoms with E-state index in [9.17, 15) is 4.39 Å². The summed E-state index contributed by atoms with van der Waals surface area (Å²) in [5.74, 6) is 6.07. The number of hydrazine groups is 1. The SMILES string of the molecule is CCC1CCCN(c2nc(NN)ncc2F)C1. The van der Waals surface area contributed by atoms with Gasteiger partial charge in [0, 0.05) is 13.1 Å². The molecule has 6 heteroatoms. The van der Waals surface area contributed by atoms with Crippen LogP contribution in [-0.2, 0) is 0 Å². The van der Waals surface area contributed by atoms with Gasteiger partial charge in [-0.1, -0.05) is 13.3 Å². The number of hydrogen-bond donors (Lipinski definition) is 2. The fourth-order valence-corrected chi connectivity index (χ4v) is 2.24. The third-order valence-corrected chi connectivity index (χ3v) is 3.25. The van der Waals surface area contributed by atoms with Crippen molar-refractivity contribution < 1.29 is 4.39 Å². The van der Waals surface area contributed by atoms with E-state index in [1.54, 1.807) is 0 Å². The van der Waals surface area contributed by atoms with E-state index >= 15 is 0 Å². The molecule has 17 heavy (non-hydrogen) atoms. The first-order valence-electron chi connectivity index (χ1n) is 5.98. The fraction of sp³-hybridized carbons (Fsp3) is 0.636. The van der Waals surface area contributed by atoms with Gasteiger partial charge in [0.2, 0.25) is 5.95 Å². The van der Waals surface area contributed by atoms with Crippen molar-refractivity contribution in [2.75, 3.05) is 23.4 Å². The van der Waals surface area contributed by atoms with Crippen LogP contribution in [-0.4, -0.2) is 23.1 Å². The highest BCUT2D eigenvalue weighted by molar-refractivity contribution is 5.43. The molecule has 0 saturated carbocycles. The quantitative estimate of drug-likeness (QED) is 0.618. The fourth-order valence-electron chi connectivity index (χ4n) is 2.24. The van der Waals surface area contributed by atoms with Crippen LogP contribution in [0.1, 0.15) is 26.2 Å².